The zero-order valence-corrected chi connectivity index (χ0v) is 14.9. The van der Waals surface area contributed by atoms with Gasteiger partial charge in [0, 0.05) is 12.7 Å². The summed E-state index contributed by atoms with van der Waals surface area (Å²) in [6, 6.07) is 2.62. The Morgan fingerprint density at radius 1 is 1.04 bits per heavy atom. The van der Waals surface area contributed by atoms with Gasteiger partial charge in [0.25, 0.3) is 0 Å². The maximum Gasteiger partial charge on any atom is 0.129 e. The van der Waals surface area contributed by atoms with E-state index in [0.29, 0.717) is 5.92 Å². The molecule has 3 atom stereocenters. The molecule has 0 N–H and O–H groups in total. The van der Waals surface area contributed by atoms with E-state index in [4.69, 9.17) is 4.74 Å². The number of hydrogen-bond donors (Lipinski definition) is 0. The second-order valence-electron chi connectivity index (χ2n) is 9.02. The van der Waals surface area contributed by atoms with E-state index in [9.17, 15) is 8.78 Å². The first kappa shape index (κ1) is 16.2. The zero-order chi connectivity index (χ0) is 17.0. The summed E-state index contributed by atoms with van der Waals surface area (Å²) < 4.78 is 33.8. The van der Waals surface area contributed by atoms with Crippen molar-refractivity contribution in [2.24, 2.45) is 17.8 Å². The summed E-state index contributed by atoms with van der Waals surface area (Å²) in [5.74, 6) is 2.19. The molecule has 3 aliphatic carbocycles. The van der Waals surface area contributed by atoms with E-state index in [1.807, 2.05) is 0 Å². The van der Waals surface area contributed by atoms with Crippen molar-refractivity contribution < 1.29 is 13.5 Å². The third kappa shape index (κ3) is 2.83. The summed E-state index contributed by atoms with van der Waals surface area (Å²) in [6.07, 6.45) is 11.8. The minimum absolute atomic E-state index is 0.228. The SMILES string of the molecule is Fc1cc(F)c2c(c1)C(CCC1CCC3(CC1)OCCC1CC13)CC2. The first-order valence-corrected chi connectivity index (χ1v) is 10.3. The van der Waals surface area contributed by atoms with Crippen LogP contribution in [0.15, 0.2) is 12.1 Å². The molecular weight excluding hydrogens is 318 g/mol. The van der Waals surface area contributed by atoms with Crippen molar-refractivity contribution in [3.05, 3.63) is 34.9 Å². The highest BCUT2D eigenvalue weighted by Gasteiger charge is 2.56. The van der Waals surface area contributed by atoms with E-state index in [-0.39, 0.29) is 11.4 Å². The van der Waals surface area contributed by atoms with Crippen LogP contribution in [0.3, 0.4) is 0 Å². The van der Waals surface area contributed by atoms with Crippen LogP contribution >= 0.6 is 0 Å². The molecule has 3 unspecified atom stereocenters. The molecule has 25 heavy (non-hydrogen) atoms. The fourth-order valence-electron chi connectivity index (χ4n) is 6.16. The van der Waals surface area contributed by atoms with E-state index in [2.05, 4.69) is 0 Å². The molecule has 3 heteroatoms. The van der Waals surface area contributed by atoms with Gasteiger partial charge in [-0.25, -0.2) is 8.78 Å². The van der Waals surface area contributed by atoms with Gasteiger partial charge in [0.15, 0.2) is 0 Å². The van der Waals surface area contributed by atoms with Gasteiger partial charge in [-0.1, -0.05) is 0 Å². The van der Waals surface area contributed by atoms with Crippen molar-refractivity contribution in [3.63, 3.8) is 0 Å². The average molecular weight is 346 g/mol. The summed E-state index contributed by atoms with van der Waals surface area (Å²) in [5, 5.41) is 0. The van der Waals surface area contributed by atoms with E-state index >= 15 is 0 Å². The van der Waals surface area contributed by atoms with Crippen LogP contribution in [0.5, 0.6) is 0 Å². The smallest absolute Gasteiger partial charge is 0.129 e. The highest BCUT2D eigenvalue weighted by atomic mass is 19.1. The van der Waals surface area contributed by atoms with Gasteiger partial charge in [0.1, 0.15) is 11.6 Å². The Balaban J connectivity index is 1.18. The van der Waals surface area contributed by atoms with Gasteiger partial charge in [0.2, 0.25) is 0 Å². The summed E-state index contributed by atoms with van der Waals surface area (Å²) in [7, 11) is 0. The van der Waals surface area contributed by atoms with Gasteiger partial charge < -0.3 is 4.74 Å². The third-order valence-corrected chi connectivity index (χ3v) is 7.73. The zero-order valence-electron chi connectivity index (χ0n) is 14.9. The molecule has 0 aromatic heterocycles. The quantitative estimate of drug-likeness (QED) is 0.676. The van der Waals surface area contributed by atoms with Crippen LogP contribution in [0, 0.1) is 29.4 Å². The fourth-order valence-corrected chi connectivity index (χ4v) is 6.16. The Morgan fingerprint density at radius 3 is 2.72 bits per heavy atom. The van der Waals surface area contributed by atoms with Gasteiger partial charge in [-0.15, -0.1) is 0 Å². The van der Waals surface area contributed by atoms with Gasteiger partial charge in [-0.3, -0.25) is 0 Å². The van der Waals surface area contributed by atoms with Crippen molar-refractivity contribution in [1.29, 1.82) is 0 Å². The topological polar surface area (TPSA) is 9.23 Å². The molecule has 1 aromatic carbocycles. The maximum absolute atomic E-state index is 13.9. The lowest BCUT2D eigenvalue weighted by Gasteiger charge is -2.43. The summed E-state index contributed by atoms with van der Waals surface area (Å²) in [5.41, 5.74) is 1.94. The Hall–Kier alpha value is -0.960. The molecule has 1 nitrogen and oxygen atoms in total. The normalized spacial score (nSPS) is 39.3. The molecule has 1 spiro atoms. The lowest BCUT2D eigenvalue weighted by atomic mass is 9.73. The van der Waals surface area contributed by atoms with Gasteiger partial charge in [0.05, 0.1) is 5.60 Å². The van der Waals surface area contributed by atoms with Crippen LogP contribution < -0.4 is 0 Å². The Bertz CT molecular complexity index is 662. The molecule has 1 aromatic rings. The minimum Gasteiger partial charge on any atom is -0.375 e. The second kappa shape index (κ2) is 6.04. The predicted octanol–water partition coefficient (Wildman–Crippen LogP) is 5.76. The Kier molecular flexibility index (Phi) is 3.92. The molecule has 0 bridgehead atoms. The van der Waals surface area contributed by atoms with Crippen molar-refractivity contribution in [1.82, 2.24) is 0 Å². The molecule has 0 radical (unpaired) electrons. The molecule has 1 aliphatic heterocycles. The van der Waals surface area contributed by atoms with E-state index < -0.39 is 5.82 Å². The molecule has 1 saturated heterocycles. The molecule has 0 amide bonds. The molecule has 3 fully saturated rings. The molecule has 5 rings (SSSR count). The minimum atomic E-state index is -0.420. The number of rotatable bonds is 3. The largest absolute Gasteiger partial charge is 0.375 e. The van der Waals surface area contributed by atoms with Crippen molar-refractivity contribution in [2.45, 2.75) is 75.7 Å². The predicted molar refractivity (Wildman–Crippen MR) is 93.5 cm³/mol. The number of hydrogen-bond acceptors (Lipinski definition) is 1. The fraction of sp³-hybridized carbons (Fsp3) is 0.727. The van der Waals surface area contributed by atoms with E-state index in [1.54, 1.807) is 6.07 Å². The maximum atomic E-state index is 13.9. The monoisotopic (exact) mass is 346 g/mol. The lowest BCUT2D eigenvalue weighted by molar-refractivity contribution is -0.117. The van der Waals surface area contributed by atoms with Crippen LogP contribution in [0.1, 0.15) is 74.8 Å². The standard InChI is InChI=1S/C22H28F2O/c23-17-12-19-15(3-4-18(19)21(24)13-17)2-1-14-5-8-22(9-6-14)20-11-16(20)7-10-25-22/h12-16,20H,1-11H2. The highest BCUT2D eigenvalue weighted by molar-refractivity contribution is 5.36. The van der Waals surface area contributed by atoms with Crippen LogP contribution in [0.25, 0.3) is 0 Å². The summed E-state index contributed by atoms with van der Waals surface area (Å²) >= 11 is 0. The molecule has 1 heterocycles. The number of benzene rings is 1. The van der Waals surface area contributed by atoms with Crippen molar-refractivity contribution >= 4 is 0 Å². The van der Waals surface area contributed by atoms with Crippen LogP contribution in [-0.4, -0.2) is 12.2 Å². The number of halogens is 2. The molecular formula is C22H28F2O. The Morgan fingerprint density at radius 2 is 1.88 bits per heavy atom. The molecule has 4 aliphatic rings. The summed E-state index contributed by atoms with van der Waals surface area (Å²) in [4.78, 5) is 0. The second-order valence-corrected chi connectivity index (χ2v) is 9.02. The molecule has 2 saturated carbocycles. The average Bonchev–Trinajstić information content (AvgIpc) is 3.30. The number of fused-ring (bicyclic) bond motifs is 3. The first-order valence-electron chi connectivity index (χ1n) is 10.3. The lowest BCUT2D eigenvalue weighted by Crippen LogP contribution is -2.42. The van der Waals surface area contributed by atoms with Crippen LogP contribution in [0.4, 0.5) is 8.78 Å². The van der Waals surface area contributed by atoms with Gasteiger partial charge in [-0.2, -0.15) is 0 Å². The van der Waals surface area contributed by atoms with Crippen LogP contribution in [0.2, 0.25) is 0 Å². The van der Waals surface area contributed by atoms with E-state index in [1.165, 1.54) is 44.9 Å². The highest BCUT2D eigenvalue weighted by Crippen LogP contribution is 2.58. The third-order valence-electron chi connectivity index (χ3n) is 7.73. The van der Waals surface area contributed by atoms with Crippen LogP contribution in [-0.2, 0) is 11.2 Å². The Labute approximate surface area is 149 Å². The van der Waals surface area contributed by atoms with Gasteiger partial charge >= 0.3 is 0 Å². The van der Waals surface area contributed by atoms with Crippen molar-refractivity contribution in [3.8, 4) is 0 Å². The van der Waals surface area contributed by atoms with E-state index in [0.717, 1.165) is 60.8 Å². The van der Waals surface area contributed by atoms with Crippen molar-refractivity contribution in [2.75, 3.05) is 6.61 Å². The molecule has 136 valence electrons. The van der Waals surface area contributed by atoms with Gasteiger partial charge in [-0.05, 0) is 105 Å². The summed E-state index contributed by atoms with van der Waals surface area (Å²) in [6.45, 7) is 0.974. The number of ether oxygens (including phenoxy) is 1. The first-order chi connectivity index (χ1) is 12.1.